The van der Waals surface area contributed by atoms with Gasteiger partial charge in [-0.25, -0.2) is 0 Å². The van der Waals surface area contributed by atoms with Crippen molar-refractivity contribution in [2.24, 2.45) is 13.0 Å². The van der Waals surface area contributed by atoms with Crippen LogP contribution >= 0.6 is 11.6 Å². The maximum Gasteiger partial charge on any atom is 0.227 e. The molecule has 1 aliphatic heterocycles. The summed E-state index contributed by atoms with van der Waals surface area (Å²) in [5, 5.41) is 8.15. The van der Waals surface area contributed by atoms with E-state index in [1.165, 1.54) is 5.56 Å². The standard InChI is InChI=1S/C19H21ClN4O2/c1-23-17(15-3-2-4-16(15)22-23)10-21-19(26)12-9-18(25)24(11-12)14-7-5-13(20)6-8-14/h5-8,12H,2-4,9-11H2,1H3,(H,21,26)/t12-/m1/s1. The molecule has 0 bridgehead atoms. The van der Waals surface area contributed by atoms with Crippen LogP contribution in [0.15, 0.2) is 24.3 Å². The van der Waals surface area contributed by atoms with Crippen molar-refractivity contribution in [3.8, 4) is 0 Å². The van der Waals surface area contributed by atoms with Crippen molar-refractivity contribution < 1.29 is 9.59 Å². The van der Waals surface area contributed by atoms with Crippen LogP contribution in [0.1, 0.15) is 29.8 Å². The highest BCUT2D eigenvalue weighted by Crippen LogP contribution is 2.27. The largest absolute Gasteiger partial charge is 0.350 e. The fraction of sp³-hybridized carbons (Fsp3) is 0.421. The summed E-state index contributed by atoms with van der Waals surface area (Å²) in [6.07, 6.45) is 3.41. The zero-order chi connectivity index (χ0) is 18.3. The molecular weight excluding hydrogens is 352 g/mol. The summed E-state index contributed by atoms with van der Waals surface area (Å²) in [5.41, 5.74) is 4.28. The van der Waals surface area contributed by atoms with E-state index in [9.17, 15) is 9.59 Å². The Morgan fingerprint density at radius 2 is 2.08 bits per heavy atom. The number of hydrogen-bond acceptors (Lipinski definition) is 3. The van der Waals surface area contributed by atoms with Gasteiger partial charge in [0.25, 0.3) is 0 Å². The van der Waals surface area contributed by atoms with Gasteiger partial charge in [-0.05, 0) is 49.1 Å². The third-order valence-corrected chi connectivity index (χ3v) is 5.51. The van der Waals surface area contributed by atoms with E-state index in [4.69, 9.17) is 11.6 Å². The number of aromatic nitrogens is 2. The van der Waals surface area contributed by atoms with E-state index in [2.05, 4.69) is 10.4 Å². The van der Waals surface area contributed by atoms with Crippen LogP contribution in [0.4, 0.5) is 5.69 Å². The molecule has 136 valence electrons. The number of benzene rings is 1. The lowest BCUT2D eigenvalue weighted by atomic mass is 10.1. The Bertz CT molecular complexity index is 859. The van der Waals surface area contributed by atoms with Crippen molar-refractivity contribution in [2.75, 3.05) is 11.4 Å². The Hall–Kier alpha value is -2.34. The summed E-state index contributed by atoms with van der Waals surface area (Å²) in [5.74, 6) is -0.448. The summed E-state index contributed by atoms with van der Waals surface area (Å²) < 4.78 is 1.87. The van der Waals surface area contributed by atoms with E-state index in [0.29, 0.717) is 18.1 Å². The maximum atomic E-state index is 12.6. The number of anilines is 1. The molecule has 1 N–H and O–H groups in total. The van der Waals surface area contributed by atoms with Crippen LogP contribution in [0, 0.1) is 5.92 Å². The van der Waals surface area contributed by atoms with Gasteiger partial charge >= 0.3 is 0 Å². The molecule has 0 unspecified atom stereocenters. The highest BCUT2D eigenvalue weighted by Gasteiger charge is 2.35. The number of halogens is 1. The first-order valence-corrected chi connectivity index (χ1v) is 9.28. The molecule has 2 heterocycles. The molecule has 1 aromatic heterocycles. The van der Waals surface area contributed by atoms with E-state index in [1.807, 2.05) is 11.7 Å². The Kier molecular flexibility index (Phi) is 4.44. The number of hydrogen-bond donors (Lipinski definition) is 1. The lowest BCUT2D eigenvalue weighted by molar-refractivity contribution is -0.126. The molecule has 1 fully saturated rings. The lowest BCUT2D eigenvalue weighted by Gasteiger charge is -2.17. The second kappa shape index (κ2) is 6.76. The van der Waals surface area contributed by atoms with E-state index < -0.39 is 0 Å². The van der Waals surface area contributed by atoms with Crippen LogP contribution in [-0.2, 0) is 36.0 Å². The fourth-order valence-corrected chi connectivity index (χ4v) is 4.00. The molecule has 1 saturated heterocycles. The van der Waals surface area contributed by atoms with Crippen LogP contribution in [0.25, 0.3) is 0 Å². The summed E-state index contributed by atoms with van der Waals surface area (Å²) in [6, 6.07) is 7.11. The van der Waals surface area contributed by atoms with Gasteiger partial charge in [0.05, 0.1) is 23.9 Å². The van der Waals surface area contributed by atoms with Crippen LogP contribution in [0.5, 0.6) is 0 Å². The van der Waals surface area contributed by atoms with Crippen molar-refractivity contribution >= 4 is 29.1 Å². The number of amides is 2. The maximum absolute atomic E-state index is 12.6. The highest BCUT2D eigenvalue weighted by molar-refractivity contribution is 6.30. The minimum atomic E-state index is -0.334. The first-order chi connectivity index (χ1) is 12.5. The number of aryl methyl sites for hydroxylation is 2. The molecule has 1 aromatic carbocycles. The molecule has 0 spiro atoms. The Morgan fingerprint density at radius 3 is 2.85 bits per heavy atom. The normalized spacial score (nSPS) is 19.1. The monoisotopic (exact) mass is 372 g/mol. The molecule has 26 heavy (non-hydrogen) atoms. The Balaban J connectivity index is 1.40. The van der Waals surface area contributed by atoms with E-state index in [1.54, 1.807) is 29.2 Å². The minimum Gasteiger partial charge on any atom is -0.350 e. The number of fused-ring (bicyclic) bond motifs is 1. The molecule has 2 aliphatic rings. The number of nitrogens with one attached hydrogen (secondary N) is 1. The lowest BCUT2D eigenvalue weighted by Crippen LogP contribution is -2.33. The summed E-state index contributed by atoms with van der Waals surface area (Å²) in [6.45, 7) is 0.860. The molecule has 2 amide bonds. The second-order valence-electron chi connectivity index (χ2n) is 6.95. The van der Waals surface area contributed by atoms with Crippen molar-refractivity contribution in [3.05, 3.63) is 46.2 Å². The van der Waals surface area contributed by atoms with Gasteiger partial charge in [-0.1, -0.05) is 11.6 Å². The van der Waals surface area contributed by atoms with Gasteiger partial charge in [-0.2, -0.15) is 5.10 Å². The number of carbonyl (C=O) groups excluding carboxylic acids is 2. The second-order valence-corrected chi connectivity index (χ2v) is 7.39. The quantitative estimate of drug-likeness (QED) is 0.894. The van der Waals surface area contributed by atoms with Gasteiger partial charge < -0.3 is 10.2 Å². The minimum absolute atomic E-state index is 0.0334. The summed E-state index contributed by atoms with van der Waals surface area (Å²) >= 11 is 5.90. The van der Waals surface area contributed by atoms with Gasteiger partial charge in [0.2, 0.25) is 11.8 Å². The zero-order valence-corrected chi connectivity index (χ0v) is 15.4. The first-order valence-electron chi connectivity index (χ1n) is 8.90. The predicted octanol–water partition coefficient (Wildman–Crippen LogP) is 2.23. The van der Waals surface area contributed by atoms with Crippen LogP contribution in [-0.4, -0.2) is 28.1 Å². The van der Waals surface area contributed by atoms with Crippen LogP contribution in [0.3, 0.4) is 0 Å². The smallest absolute Gasteiger partial charge is 0.227 e. The van der Waals surface area contributed by atoms with Crippen molar-refractivity contribution in [2.45, 2.75) is 32.2 Å². The van der Waals surface area contributed by atoms with Crippen LogP contribution < -0.4 is 10.2 Å². The Labute approximate surface area is 157 Å². The number of carbonyl (C=O) groups is 2. The van der Waals surface area contributed by atoms with Crippen molar-refractivity contribution in [1.29, 1.82) is 0 Å². The molecule has 4 rings (SSSR count). The van der Waals surface area contributed by atoms with Crippen molar-refractivity contribution in [1.82, 2.24) is 15.1 Å². The molecule has 7 heteroatoms. The molecule has 0 saturated carbocycles. The average Bonchev–Trinajstić information content (AvgIpc) is 3.29. The van der Waals surface area contributed by atoms with Crippen LogP contribution in [0.2, 0.25) is 5.02 Å². The van der Waals surface area contributed by atoms with E-state index in [0.717, 1.165) is 36.3 Å². The van der Waals surface area contributed by atoms with Gasteiger partial charge in [0.1, 0.15) is 0 Å². The summed E-state index contributed by atoms with van der Waals surface area (Å²) in [4.78, 5) is 26.6. The third kappa shape index (κ3) is 3.09. The fourth-order valence-electron chi connectivity index (χ4n) is 3.88. The van der Waals surface area contributed by atoms with Gasteiger partial charge in [0, 0.05) is 30.7 Å². The molecule has 2 aromatic rings. The molecule has 0 radical (unpaired) electrons. The highest BCUT2D eigenvalue weighted by atomic mass is 35.5. The molecular formula is C19H21ClN4O2. The average molecular weight is 373 g/mol. The van der Waals surface area contributed by atoms with Gasteiger partial charge in [0.15, 0.2) is 0 Å². The topological polar surface area (TPSA) is 67.2 Å². The van der Waals surface area contributed by atoms with E-state index in [-0.39, 0.29) is 24.2 Å². The van der Waals surface area contributed by atoms with Gasteiger partial charge in [-0.3, -0.25) is 14.3 Å². The Morgan fingerprint density at radius 1 is 1.31 bits per heavy atom. The first kappa shape index (κ1) is 17.1. The van der Waals surface area contributed by atoms with Gasteiger partial charge in [-0.15, -0.1) is 0 Å². The molecule has 1 aliphatic carbocycles. The van der Waals surface area contributed by atoms with E-state index >= 15 is 0 Å². The molecule has 6 nitrogen and oxygen atoms in total. The number of nitrogens with zero attached hydrogens (tertiary/aromatic N) is 3. The zero-order valence-electron chi connectivity index (χ0n) is 14.7. The SMILES string of the molecule is Cn1nc2c(c1CNC(=O)[C@@H]1CC(=O)N(c3ccc(Cl)cc3)C1)CCC2. The number of rotatable bonds is 4. The third-order valence-electron chi connectivity index (χ3n) is 5.26. The molecule has 1 atom stereocenters. The summed E-state index contributed by atoms with van der Waals surface area (Å²) in [7, 11) is 1.92. The van der Waals surface area contributed by atoms with Crippen molar-refractivity contribution in [3.63, 3.8) is 0 Å². The predicted molar refractivity (Wildman–Crippen MR) is 99.0 cm³/mol.